The molecule has 44 heavy (non-hydrogen) atoms. The molecule has 0 fully saturated rings. The van der Waals surface area contributed by atoms with Crippen LogP contribution in [0.4, 0.5) is 0 Å². The fourth-order valence-electron chi connectivity index (χ4n) is 4.68. The number of sulfone groups is 1. The Morgan fingerprint density at radius 3 is 2.45 bits per heavy atom. The Hall–Kier alpha value is -5.17. The van der Waals surface area contributed by atoms with Crippen molar-refractivity contribution < 1.29 is 27.5 Å². The van der Waals surface area contributed by atoms with Crippen LogP contribution >= 0.6 is 0 Å². The Morgan fingerprint density at radius 2 is 1.70 bits per heavy atom. The number of aromatic hydroxyl groups is 1. The molecule has 12 nitrogen and oxygen atoms in total. The van der Waals surface area contributed by atoms with Gasteiger partial charge in [-0.1, -0.05) is 36.4 Å². The second-order valence-corrected chi connectivity index (χ2v) is 12.3. The summed E-state index contributed by atoms with van der Waals surface area (Å²) in [4.78, 5) is 43.0. The van der Waals surface area contributed by atoms with Gasteiger partial charge in [0.1, 0.15) is 23.0 Å². The van der Waals surface area contributed by atoms with E-state index in [0.29, 0.717) is 41.0 Å². The van der Waals surface area contributed by atoms with Crippen molar-refractivity contribution in [2.75, 3.05) is 5.75 Å². The first-order chi connectivity index (χ1) is 21.3. The van der Waals surface area contributed by atoms with Crippen LogP contribution in [0.3, 0.4) is 0 Å². The Bertz CT molecular complexity index is 1800. The molecule has 2 atom stereocenters. The van der Waals surface area contributed by atoms with Gasteiger partial charge in [-0.15, -0.1) is 0 Å². The maximum absolute atomic E-state index is 13.8. The number of benzene rings is 2. The number of aryl methyl sites for hydroxylation is 1. The van der Waals surface area contributed by atoms with Crippen LogP contribution in [0.1, 0.15) is 33.9 Å². The monoisotopic (exact) mass is 614 g/mol. The third-order valence-electron chi connectivity index (χ3n) is 6.81. The Labute approximate surface area is 253 Å². The number of carbonyl (C=O) groups is 2. The molecule has 0 radical (unpaired) electrons. The molecule has 0 aliphatic rings. The van der Waals surface area contributed by atoms with Crippen molar-refractivity contribution >= 4 is 32.8 Å². The molecule has 3 heterocycles. The summed E-state index contributed by atoms with van der Waals surface area (Å²) in [5.41, 5.74) is 2.30. The van der Waals surface area contributed by atoms with Crippen molar-refractivity contribution in [1.29, 1.82) is 0 Å². The lowest BCUT2D eigenvalue weighted by molar-refractivity contribution is -0.123. The molecule has 226 valence electrons. The van der Waals surface area contributed by atoms with Gasteiger partial charge in [0.15, 0.2) is 21.3 Å². The average molecular weight is 615 g/mol. The summed E-state index contributed by atoms with van der Waals surface area (Å²) in [6.45, 7) is 0. The Kier molecular flexibility index (Phi) is 9.55. The summed E-state index contributed by atoms with van der Waals surface area (Å²) in [6, 6.07) is 15.3. The number of oxazole rings is 1. The van der Waals surface area contributed by atoms with Gasteiger partial charge in [0.05, 0.1) is 17.7 Å². The number of phenolic OH excluding ortho intramolecular Hbond substituents is 1. The van der Waals surface area contributed by atoms with Gasteiger partial charge in [-0.25, -0.2) is 18.4 Å². The minimum absolute atomic E-state index is 0.0717. The lowest BCUT2D eigenvalue weighted by Crippen LogP contribution is -2.53. The van der Waals surface area contributed by atoms with Crippen LogP contribution in [0.2, 0.25) is 0 Å². The van der Waals surface area contributed by atoms with Gasteiger partial charge < -0.3 is 20.2 Å². The van der Waals surface area contributed by atoms with Crippen molar-refractivity contribution in [3.63, 3.8) is 0 Å². The molecule has 0 aliphatic heterocycles. The molecular weight excluding hydrogens is 584 g/mol. The minimum Gasteiger partial charge on any atom is -0.508 e. The first-order valence-electron chi connectivity index (χ1n) is 13.8. The Morgan fingerprint density at radius 1 is 0.909 bits per heavy atom. The molecule has 2 unspecified atom stereocenters. The summed E-state index contributed by atoms with van der Waals surface area (Å²) < 4.78 is 32.3. The van der Waals surface area contributed by atoms with E-state index in [9.17, 15) is 23.1 Å². The minimum atomic E-state index is -3.90. The van der Waals surface area contributed by atoms with Gasteiger partial charge in [0.2, 0.25) is 5.91 Å². The fourth-order valence-corrected chi connectivity index (χ4v) is 6.22. The van der Waals surface area contributed by atoms with Crippen molar-refractivity contribution in [2.45, 2.75) is 37.1 Å². The molecule has 3 N–H and O–H groups in total. The molecule has 0 aliphatic carbocycles. The quantitative estimate of drug-likeness (QED) is 0.179. The van der Waals surface area contributed by atoms with E-state index in [-0.39, 0.29) is 23.6 Å². The van der Waals surface area contributed by atoms with Crippen LogP contribution in [-0.4, -0.2) is 63.1 Å². The average Bonchev–Trinajstić information content (AvgIpc) is 3.43. The second-order valence-electron chi connectivity index (χ2n) is 10.2. The first-order valence-corrected chi connectivity index (χ1v) is 15.7. The first kappa shape index (κ1) is 30.3. The molecule has 0 saturated heterocycles. The van der Waals surface area contributed by atoms with E-state index in [0.717, 1.165) is 0 Å². The molecule has 0 saturated carbocycles. The normalized spacial score (nSPS) is 12.8. The van der Waals surface area contributed by atoms with Gasteiger partial charge in [0, 0.05) is 37.3 Å². The van der Waals surface area contributed by atoms with E-state index in [4.69, 9.17) is 4.42 Å². The van der Waals surface area contributed by atoms with Gasteiger partial charge in [-0.3, -0.25) is 19.6 Å². The largest absolute Gasteiger partial charge is 0.508 e. The van der Waals surface area contributed by atoms with Gasteiger partial charge >= 0.3 is 0 Å². The number of aromatic nitrogens is 4. The molecule has 2 aromatic carbocycles. The standard InChI is InChI=1S/C31H30N6O6S/c38-27-9-3-1-7-22(27)11-12-23(16-29-36-24-8-2-4-10-28(24)43-29)35-31(40)26(37-30(39)25-18-33-14-15-34-25)20-44(41,42)19-21-6-5-13-32-17-21/h1-10,13-15,17-18,23,26,38H,11-12,16,19-20H2,(H,35,40)(H,37,39). The number of nitrogens with one attached hydrogen (secondary N) is 2. The van der Waals surface area contributed by atoms with Crippen molar-refractivity contribution in [3.05, 3.63) is 114 Å². The highest BCUT2D eigenvalue weighted by Gasteiger charge is 2.30. The zero-order chi connectivity index (χ0) is 30.9. The SMILES string of the molecule is O=C(NC(CS(=O)(=O)Cc1cccnc1)C(=O)NC(CCc1ccccc1O)Cc1nc2ccccc2o1)c1cnccn1. The summed E-state index contributed by atoms with van der Waals surface area (Å²) in [5.74, 6) is -2.01. The van der Waals surface area contributed by atoms with Crippen LogP contribution in [0.25, 0.3) is 11.1 Å². The molecule has 5 rings (SSSR count). The maximum Gasteiger partial charge on any atom is 0.272 e. The fraction of sp³-hybridized carbons (Fsp3) is 0.226. The molecular formula is C31H30N6O6S. The van der Waals surface area contributed by atoms with E-state index in [1.165, 1.54) is 31.0 Å². The predicted molar refractivity (Wildman–Crippen MR) is 161 cm³/mol. The zero-order valence-corrected chi connectivity index (χ0v) is 24.4. The van der Waals surface area contributed by atoms with Gasteiger partial charge in [0.25, 0.3) is 5.91 Å². The molecule has 5 aromatic rings. The number of pyridine rings is 1. The summed E-state index contributed by atoms with van der Waals surface area (Å²) >= 11 is 0. The van der Waals surface area contributed by atoms with Crippen LogP contribution in [0, 0.1) is 0 Å². The number of hydrogen-bond donors (Lipinski definition) is 3. The van der Waals surface area contributed by atoms with E-state index in [1.807, 2.05) is 18.2 Å². The van der Waals surface area contributed by atoms with Gasteiger partial charge in [-0.2, -0.15) is 0 Å². The van der Waals surface area contributed by atoms with Crippen molar-refractivity contribution in [2.24, 2.45) is 0 Å². The highest BCUT2D eigenvalue weighted by molar-refractivity contribution is 7.90. The summed E-state index contributed by atoms with van der Waals surface area (Å²) in [6.07, 6.45) is 7.82. The van der Waals surface area contributed by atoms with Crippen LogP contribution in [-0.2, 0) is 33.2 Å². The van der Waals surface area contributed by atoms with Crippen LogP contribution in [0.15, 0.2) is 96.1 Å². The van der Waals surface area contributed by atoms with E-state index in [1.54, 1.807) is 42.5 Å². The summed E-state index contributed by atoms with van der Waals surface area (Å²) in [7, 11) is -3.90. The topological polar surface area (TPSA) is 177 Å². The maximum atomic E-state index is 13.8. The Balaban J connectivity index is 1.38. The lowest BCUT2D eigenvalue weighted by atomic mass is 10.0. The third-order valence-corrected chi connectivity index (χ3v) is 8.42. The highest BCUT2D eigenvalue weighted by Crippen LogP contribution is 2.21. The predicted octanol–water partition coefficient (Wildman–Crippen LogP) is 2.79. The number of rotatable bonds is 13. The number of phenols is 1. The zero-order valence-electron chi connectivity index (χ0n) is 23.5. The van der Waals surface area contributed by atoms with Crippen LogP contribution < -0.4 is 10.6 Å². The van der Waals surface area contributed by atoms with Crippen molar-refractivity contribution in [3.8, 4) is 5.75 Å². The molecule has 2 amide bonds. The second kappa shape index (κ2) is 13.9. The highest BCUT2D eigenvalue weighted by atomic mass is 32.2. The number of nitrogens with zero attached hydrogens (tertiary/aromatic N) is 4. The smallest absolute Gasteiger partial charge is 0.272 e. The molecule has 3 aromatic heterocycles. The van der Waals surface area contributed by atoms with E-state index < -0.39 is 39.5 Å². The lowest BCUT2D eigenvalue weighted by Gasteiger charge is -2.23. The number of carbonyl (C=O) groups excluding carboxylic acids is 2. The van der Waals surface area contributed by atoms with Crippen LogP contribution in [0.5, 0.6) is 5.75 Å². The number of para-hydroxylation sites is 3. The molecule has 13 heteroatoms. The van der Waals surface area contributed by atoms with E-state index in [2.05, 4.69) is 30.6 Å². The van der Waals surface area contributed by atoms with Gasteiger partial charge in [-0.05, 0) is 48.2 Å². The number of amides is 2. The number of fused-ring (bicyclic) bond motifs is 1. The van der Waals surface area contributed by atoms with E-state index >= 15 is 0 Å². The third kappa shape index (κ3) is 8.22. The molecule has 0 spiro atoms. The summed E-state index contributed by atoms with van der Waals surface area (Å²) in [5, 5.41) is 15.7. The number of hydrogen-bond acceptors (Lipinski definition) is 10. The van der Waals surface area contributed by atoms with Crippen molar-refractivity contribution in [1.82, 2.24) is 30.6 Å². The molecule has 0 bridgehead atoms.